The van der Waals surface area contributed by atoms with Gasteiger partial charge in [-0.1, -0.05) is 41.9 Å². The third-order valence-corrected chi connectivity index (χ3v) is 1.82. The van der Waals surface area contributed by atoms with E-state index in [9.17, 15) is 18.0 Å². The molecular weight excluding hydrogens is 338 g/mol. The lowest BCUT2D eigenvalue weighted by atomic mass is 10.3. The molecule has 0 saturated heterocycles. The number of unbranched alkanes of at least 4 members (excludes halogenated alkanes) is 1. The largest absolute Gasteiger partial charge is 0.576 e. The van der Waals surface area contributed by atoms with E-state index in [-0.39, 0.29) is 6.54 Å². The van der Waals surface area contributed by atoms with E-state index >= 15 is 0 Å². The van der Waals surface area contributed by atoms with Crippen LogP contribution in [0.3, 0.4) is 0 Å². The van der Waals surface area contributed by atoms with Gasteiger partial charge in [0.2, 0.25) is 0 Å². The Balaban J connectivity index is 4.43. The fraction of sp³-hybridized carbons (Fsp3) is 0.667. The van der Waals surface area contributed by atoms with E-state index in [0.717, 1.165) is 11.3 Å². The van der Waals surface area contributed by atoms with Crippen LogP contribution in [0.1, 0.15) is 19.8 Å². The number of alkyl halides is 4. The topological polar surface area (TPSA) is 29.5 Å². The first kappa shape index (κ1) is 15.3. The highest BCUT2D eigenvalue weighted by Gasteiger charge is 2.35. The van der Waals surface area contributed by atoms with Crippen LogP contribution in [0.5, 0.6) is 0 Å². The van der Waals surface area contributed by atoms with Gasteiger partial charge in [0.1, 0.15) is 0 Å². The first-order valence-corrected chi connectivity index (χ1v) is 6.05. The Hall–Kier alpha value is -0.650. The lowest BCUT2D eigenvalue weighted by Gasteiger charge is -2.15. The predicted octanol–water partition coefficient (Wildman–Crippen LogP) is 3.14. The number of ether oxygens (including phenoxy) is 1. The van der Waals surface area contributed by atoms with Gasteiger partial charge in [-0.15, -0.1) is 13.2 Å². The summed E-state index contributed by atoms with van der Waals surface area (Å²) in [6.45, 7) is 1.99. The summed E-state index contributed by atoms with van der Waals surface area (Å²) in [5.74, 6) is 2.52. The van der Waals surface area contributed by atoms with Gasteiger partial charge in [-0.05, 0) is 6.42 Å². The number of hydrogen-bond acceptors (Lipinski definition) is 2. The van der Waals surface area contributed by atoms with Crippen molar-refractivity contribution in [2.45, 2.75) is 26.1 Å². The molecule has 0 radical (unpaired) electrons. The molecule has 0 unspecified atom stereocenters. The second kappa shape index (κ2) is 7.60. The van der Waals surface area contributed by atoms with E-state index in [1.54, 1.807) is 0 Å². The molecule has 0 aromatic carbocycles. The van der Waals surface area contributed by atoms with E-state index in [1.165, 1.54) is 0 Å². The van der Waals surface area contributed by atoms with Crippen molar-refractivity contribution in [1.82, 2.24) is 4.90 Å². The molecule has 3 nitrogen and oxygen atoms in total. The van der Waals surface area contributed by atoms with Gasteiger partial charge in [0.05, 0.1) is 4.43 Å². The lowest BCUT2D eigenvalue weighted by Crippen LogP contribution is -2.32. The van der Waals surface area contributed by atoms with Crippen molar-refractivity contribution < 1.29 is 22.7 Å². The molecule has 0 aromatic heterocycles. The van der Waals surface area contributed by atoms with Gasteiger partial charge in [0, 0.05) is 12.6 Å². The van der Waals surface area contributed by atoms with Gasteiger partial charge in [-0.3, -0.25) is 0 Å². The van der Waals surface area contributed by atoms with E-state index in [1.807, 2.05) is 29.5 Å². The van der Waals surface area contributed by atoms with Crippen molar-refractivity contribution in [3.63, 3.8) is 0 Å². The molecule has 0 aliphatic carbocycles. The van der Waals surface area contributed by atoms with E-state index in [2.05, 4.69) is 16.7 Å². The van der Waals surface area contributed by atoms with Crippen LogP contribution in [-0.4, -0.2) is 28.3 Å². The molecule has 0 N–H and O–H groups in total. The third kappa shape index (κ3) is 7.62. The van der Waals surface area contributed by atoms with Gasteiger partial charge in [0.25, 0.3) is 0 Å². The molecular formula is C9H11F3INO2. The zero-order valence-electron chi connectivity index (χ0n) is 8.60. The summed E-state index contributed by atoms with van der Waals surface area (Å²) in [5, 5.41) is 0. The minimum Gasteiger partial charge on any atom is -0.355 e. The number of carbonyl (C=O) groups is 1. The zero-order valence-corrected chi connectivity index (χ0v) is 10.8. The highest BCUT2D eigenvalue weighted by Crippen LogP contribution is 2.17. The third-order valence-electron chi connectivity index (χ3n) is 1.44. The van der Waals surface area contributed by atoms with Crippen LogP contribution in [0.4, 0.5) is 18.0 Å². The highest BCUT2D eigenvalue weighted by atomic mass is 127. The fourth-order valence-electron chi connectivity index (χ4n) is 0.788. The molecule has 0 heterocycles. The number of halogens is 4. The molecule has 0 aliphatic rings. The van der Waals surface area contributed by atoms with Crippen LogP contribution < -0.4 is 0 Å². The first-order valence-electron chi connectivity index (χ1n) is 4.52. The Morgan fingerprint density at radius 3 is 2.56 bits per heavy atom. The average molecular weight is 349 g/mol. The average Bonchev–Trinajstić information content (AvgIpc) is 2.15. The van der Waals surface area contributed by atoms with Crippen molar-refractivity contribution in [1.29, 1.82) is 0 Å². The standard InChI is InChI=1S/C9H11F3INO2/c1-2-3-6-14(7-4-5-13)8(15)16-9(10,11)12/h2-3,5-6H2,1H3. The molecule has 0 aromatic rings. The van der Waals surface area contributed by atoms with Crippen molar-refractivity contribution in [3.05, 3.63) is 0 Å². The van der Waals surface area contributed by atoms with E-state index < -0.39 is 12.5 Å². The summed E-state index contributed by atoms with van der Waals surface area (Å²) >= 11 is 1.94. The molecule has 0 rings (SSSR count). The molecule has 0 spiro atoms. The van der Waals surface area contributed by atoms with Gasteiger partial charge in [-0.2, -0.15) is 0 Å². The van der Waals surface area contributed by atoms with Gasteiger partial charge < -0.3 is 4.74 Å². The Bertz CT molecular complexity index is 283. The van der Waals surface area contributed by atoms with E-state index in [4.69, 9.17) is 0 Å². The van der Waals surface area contributed by atoms with Crippen molar-refractivity contribution in [2.75, 3.05) is 11.0 Å². The predicted molar refractivity (Wildman–Crippen MR) is 60.8 cm³/mol. The highest BCUT2D eigenvalue weighted by molar-refractivity contribution is 14.1. The first-order chi connectivity index (χ1) is 7.40. The second-order valence-electron chi connectivity index (χ2n) is 2.74. The number of amides is 1. The summed E-state index contributed by atoms with van der Waals surface area (Å²) in [7, 11) is 0. The van der Waals surface area contributed by atoms with Crippen LogP contribution >= 0.6 is 22.6 Å². The van der Waals surface area contributed by atoms with Gasteiger partial charge >= 0.3 is 12.5 Å². The minimum absolute atomic E-state index is 0.134. The van der Waals surface area contributed by atoms with Crippen LogP contribution in [0.15, 0.2) is 0 Å². The van der Waals surface area contributed by atoms with Crippen LogP contribution in [0, 0.1) is 12.0 Å². The number of rotatable bonds is 3. The smallest absolute Gasteiger partial charge is 0.355 e. The molecule has 92 valence electrons. The number of hydrogen-bond donors (Lipinski definition) is 0. The molecule has 0 fully saturated rings. The van der Waals surface area contributed by atoms with Crippen LogP contribution in [0.25, 0.3) is 0 Å². The van der Waals surface area contributed by atoms with Crippen LogP contribution in [0.2, 0.25) is 0 Å². The van der Waals surface area contributed by atoms with Gasteiger partial charge in [-0.25, -0.2) is 9.69 Å². The number of carbonyl (C=O) groups excluding carboxylic acids is 1. The molecule has 1 amide bonds. The quantitative estimate of drug-likeness (QED) is 0.339. The Morgan fingerprint density at radius 2 is 2.12 bits per heavy atom. The van der Waals surface area contributed by atoms with Crippen molar-refractivity contribution in [3.8, 4) is 12.0 Å². The van der Waals surface area contributed by atoms with Crippen molar-refractivity contribution >= 4 is 28.7 Å². The Morgan fingerprint density at radius 1 is 1.50 bits per heavy atom. The normalized spacial score (nSPS) is 10.3. The van der Waals surface area contributed by atoms with Gasteiger partial charge in [0.15, 0.2) is 0 Å². The molecule has 0 aliphatic heterocycles. The zero-order chi connectivity index (χ0) is 12.6. The lowest BCUT2D eigenvalue weighted by molar-refractivity contribution is -0.293. The maximum atomic E-state index is 11.8. The monoisotopic (exact) mass is 349 g/mol. The molecule has 7 heteroatoms. The summed E-state index contributed by atoms with van der Waals surface area (Å²) in [5.41, 5.74) is 0. The maximum absolute atomic E-state index is 11.8. The van der Waals surface area contributed by atoms with Crippen LogP contribution in [-0.2, 0) is 4.74 Å². The molecule has 0 atom stereocenters. The second-order valence-corrected chi connectivity index (χ2v) is 3.50. The minimum atomic E-state index is -4.96. The molecule has 0 bridgehead atoms. The maximum Gasteiger partial charge on any atom is 0.576 e. The van der Waals surface area contributed by atoms with E-state index in [0.29, 0.717) is 10.8 Å². The fourth-order valence-corrected chi connectivity index (χ4v) is 0.959. The number of nitrogens with zero attached hydrogens (tertiary/aromatic N) is 1. The SMILES string of the molecule is CCCCN(C#CCI)C(=O)OC(F)(F)F. The summed E-state index contributed by atoms with van der Waals surface area (Å²) in [4.78, 5) is 11.8. The summed E-state index contributed by atoms with van der Waals surface area (Å²) in [6.07, 6.45) is -5.11. The summed E-state index contributed by atoms with van der Waals surface area (Å²) in [6, 6.07) is 2.33. The van der Waals surface area contributed by atoms with Crippen molar-refractivity contribution in [2.24, 2.45) is 0 Å². The molecule has 16 heavy (non-hydrogen) atoms. The molecule has 0 saturated carbocycles. The Kier molecular flexibility index (Phi) is 7.29. The summed E-state index contributed by atoms with van der Waals surface area (Å²) < 4.78 is 39.1. The Labute approximate surface area is 105 Å².